The van der Waals surface area contributed by atoms with Gasteiger partial charge < -0.3 is 9.88 Å². The second-order valence-electron chi connectivity index (χ2n) is 4.14. The molecule has 1 aromatic heterocycles. The summed E-state index contributed by atoms with van der Waals surface area (Å²) in [5.41, 5.74) is 1.08. The van der Waals surface area contributed by atoms with Gasteiger partial charge in [-0.05, 0) is 34.6 Å². The molecule has 96 valence electrons. The number of hydrogen-bond donors (Lipinski definition) is 1. The Morgan fingerprint density at radius 3 is 2.89 bits per heavy atom. The highest BCUT2D eigenvalue weighted by atomic mass is 79.9. The number of hydrogen-bond acceptors (Lipinski definition) is 2. The van der Waals surface area contributed by atoms with Crippen molar-refractivity contribution >= 4 is 27.5 Å². The lowest BCUT2D eigenvalue weighted by atomic mass is 10.0. The average molecular weight is 329 g/mol. The van der Waals surface area contributed by atoms with Gasteiger partial charge in [-0.15, -0.1) is 0 Å². The van der Waals surface area contributed by atoms with E-state index in [2.05, 4.69) is 26.2 Å². The normalized spacial score (nSPS) is 12.7. The van der Waals surface area contributed by atoms with Crippen LogP contribution in [0.25, 0.3) is 0 Å². The summed E-state index contributed by atoms with van der Waals surface area (Å²) in [6.07, 6.45) is 4.56. The molecule has 0 amide bonds. The molecule has 0 fully saturated rings. The Balaban J connectivity index is 2.29. The molecule has 1 aromatic carbocycles. The number of nitrogens with one attached hydrogen (secondary N) is 1. The van der Waals surface area contributed by atoms with Crippen LogP contribution in [0.1, 0.15) is 17.4 Å². The molecular weight excluding hydrogens is 314 g/mol. The minimum absolute atomic E-state index is 0.149. The van der Waals surface area contributed by atoms with Crippen LogP contribution < -0.4 is 5.32 Å². The van der Waals surface area contributed by atoms with Gasteiger partial charge in [0.05, 0.1) is 5.02 Å². The number of imidazole rings is 1. The molecule has 1 N–H and O–H groups in total. The van der Waals surface area contributed by atoms with Gasteiger partial charge in [-0.3, -0.25) is 0 Å². The minimum Gasteiger partial charge on any atom is -0.338 e. The molecule has 2 rings (SSSR count). The molecule has 2 aromatic rings. The number of rotatable bonds is 4. The second kappa shape index (κ2) is 5.87. The fraction of sp³-hybridized carbons (Fsp3) is 0.308. The topological polar surface area (TPSA) is 29.9 Å². The van der Waals surface area contributed by atoms with Gasteiger partial charge in [-0.2, -0.15) is 0 Å². The maximum atomic E-state index is 6.33. The first-order valence-corrected chi connectivity index (χ1v) is 6.88. The molecule has 0 spiro atoms. The van der Waals surface area contributed by atoms with E-state index < -0.39 is 0 Å². The first-order chi connectivity index (χ1) is 8.63. The third kappa shape index (κ3) is 2.76. The average Bonchev–Trinajstić information content (AvgIpc) is 2.76. The van der Waals surface area contributed by atoms with E-state index >= 15 is 0 Å². The predicted molar refractivity (Wildman–Crippen MR) is 77.9 cm³/mol. The summed E-state index contributed by atoms with van der Waals surface area (Å²) in [5.74, 6) is 1.03. The molecular formula is C13H15BrClN3. The molecule has 1 atom stereocenters. The Bertz CT molecular complexity index is 539. The Morgan fingerprint density at radius 1 is 1.50 bits per heavy atom. The predicted octanol–water partition coefficient (Wildman–Crippen LogP) is 3.34. The number of likely N-dealkylation sites (N-methyl/N-ethyl adjacent to an activating group) is 1. The number of aryl methyl sites for hydroxylation is 1. The van der Waals surface area contributed by atoms with Gasteiger partial charge in [0.25, 0.3) is 0 Å². The standard InChI is InChI=1S/C13H15BrClN3/c1-16-11(8-12-17-6-7-18(12)2)9-4-3-5-10(14)13(9)15/h3-7,11,16H,8H2,1-2H3. The summed E-state index contributed by atoms with van der Waals surface area (Å²) < 4.78 is 2.94. The van der Waals surface area contributed by atoms with E-state index in [4.69, 9.17) is 11.6 Å². The third-order valence-corrected chi connectivity index (χ3v) is 4.32. The Morgan fingerprint density at radius 2 is 2.28 bits per heavy atom. The maximum Gasteiger partial charge on any atom is 0.110 e. The van der Waals surface area contributed by atoms with Crippen LogP contribution in [0.5, 0.6) is 0 Å². The van der Waals surface area contributed by atoms with Gasteiger partial charge in [-0.1, -0.05) is 23.7 Å². The van der Waals surface area contributed by atoms with Crippen molar-refractivity contribution < 1.29 is 0 Å². The van der Waals surface area contributed by atoms with E-state index in [0.717, 1.165) is 27.3 Å². The summed E-state index contributed by atoms with van der Waals surface area (Å²) in [4.78, 5) is 4.35. The Hall–Kier alpha value is -0.840. The first kappa shape index (κ1) is 13.6. The fourth-order valence-electron chi connectivity index (χ4n) is 1.93. The zero-order valence-corrected chi connectivity index (χ0v) is 12.7. The van der Waals surface area contributed by atoms with Crippen LogP contribution in [0.4, 0.5) is 0 Å². The van der Waals surface area contributed by atoms with Gasteiger partial charge in [0, 0.05) is 36.4 Å². The lowest BCUT2D eigenvalue weighted by molar-refractivity contribution is 0.563. The smallest absolute Gasteiger partial charge is 0.110 e. The molecule has 1 unspecified atom stereocenters. The van der Waals surface area contributed by atoms with Crippen molar-refractivity contribution in [2.75, 3.05) is 7.05 Å². The molecule has 0 aliphatic heterocycles. The molecule has 0 aliphatic carbocycles. The number of benzene rings is 1. The second-order valence-corrected chi connectivity index (χ2v) is 5.38. The van der Waals surface area contributed by atoms with E-state index in [9.17, 15) is 0 Å². The molecule has 18 heavy (non-hydrogen) atoms. The van der Waals surface area contributed by atoms with Crippen LogP contribution in [-0.4, -0.2) is 16.6 Å². The van der Waals surface area contributed by atoms with Crippen molar-refractivity contribution in [1.82, 2.24) is 14.9 Å². The summed E-state index contributed by atoms with van der Waals surface area (Å²) in [6, 6.07) is 6.13. The highest BCUT2D eigenvalue weighted by Gasteiger charge is 2.16. The van der Waals surface area contributed by atoms with E-state index in [1.807, 2.05) is 49.3 Å². The molecule has 0 saturated carbocycles. The van der Waals surface area contributed by atoms with Crippen molar-refractivity contribution in [3.63, 3.8) is 0 Å². The first-order valence-electron chi connectivity index (χ1n) is 5.71. The van der Waals surface area contributed by atoms with Gasteiger partial charge in [0.15, 0.2) is 0 Å². The highest BCUT2D eigenvalue weighted by molar-refractivity contribution is 9.10. The van der Waals surface area contributed by atoms with Gasteiger partial charge in [0.2, 0.25) is 0 Å². The van der Waals surface area contributed by atoms with Crippen molar-refractivity contribution in [2.24, 2.45) is 7.05 Å². The zero-order valence-electron chi connectivity index (χ0n) is 10.3. The summed E-state index contributed by atoms with van der Waals surface area (Å²) in [5, 5.41) is 4.05. The fourth-order valence-corrected chi connectivity index (χ4v) is 2.57. The van der Waals surface area contributed by atoms with Gasteiger partial charge in [-0.25, -0.2) is 4.98 Å². The summed E-state index contributed by atoms with van der Waals surface area (Å²) in [7, 11) is 3.93. The minimum atomic E-state index is 0.149. The van der Waals surface area contributed by atoms with E-state index in [-0.39, 0.29) is 6.04 Å². The quantitative estimate of drug-likeness (QED) is 0.933. The molecule has 3 nitrogen and oxygen atoms in total. The van der Waals surface area contributed by atoms with Crippen molar-refractivity contribution in [3.8, 4) is 0 Å². The van der Waals surface area contributed by atoms with Gasteiger partial charge >= 0.3 is 0 Å². The van der Waals surface area contributed by atoms with Crippen LogP contribution >= 0.6 is 27.5 Å². The Labute approximate surface area is 120 Å². The molecule has 0 saturated heterocycles. The van der Waals surface area contributed by atoms with Crippen LogP contribution in [0.15, 0.2) is 35.1 Å². The van der Waals surface area contributed by atoms with Crippen molar-refractivity contribution in [2.45, 2.75) is 12.5 Å². The van der Waals surface area contributed by atoms with E-state index in [0.29, 0.717) is 0 Å². The van der Waals surface area contributed by atoms with Crippen LogP contribution in [0.3, 0.4) is 0 Å². The van der Waals surface area contributed by atoms with Gasteiger partial charge in [0.1, 0.15) is 5.82 Å². The molecule has 1 heterocycles. The van der Waals surface area contributed by atoms with Crippen molar-refractivity contribution in [1.29, 1.82) is 0 Å². The number of halogens is 2. The monoisotopic (exact) mass is 327 g/mol. The van der Waals surface area contributed by atoms with Crippen LogP contribution in [0.2, 0.25) is 5.02 Å². The lowest BCUT2D eigenvalue weighted by Gasteiger charge is -2.18. The third-order valence-electron chi connectivity index (χ3n) is 3.01. The maximum absolute atomic E-state index is 6.33. The molecule has 0 radical (unpaired) electrons. The van der Waals surface area contributed by atoms with E-state index in [1.165, 1.54) is 0 Å². The molecule has 0 bridgehead atoms. The Kier molecular flexibility index (Phi) is 4.43. The molecule has 5 heteroatoms. The zero-order chi connectivity index (χ0) is 13.1. The molecule has 0 aliphatic rings. The van der Waals surface area contributed by atoms with Crippen LogP contribution in [-0.2, 0) is 13.5 Å². The van der Waals surface area contributed by atoms with E-state index in [1.54, 1.807) is 0 Å². The number of aromatic nitrogens is 2. The summed E-state index contributed by atoms with van der Waals surface area (Å²) in [6.45, 7) is 0. The highest BCUT2D eigenvalue weighted by Crippen LogP contribution is 2.31. The lowest BCUT2D eigenvalue weighted by Crippen LogP contribution is -2.20. The van der Waals surface area contributed by atoms with Crippen molar-refractivity contribution in [3.05, 3.63) is 51.5 Å². The SMILES string of the molecule is CNC(Cc1nccn1C)c1cccc(Br)c1Cl. The number of nitrogens with zero attached hydrogens (tertiary/aromatic N) is 2. The van der Waals surface area contributed by atoms with Crippen LogP contribution in [0, 0.1) is 0 Å². The largest absolute Gasteiger partial charge is 0.338 e. The summed E-state index contributed by atoms with van der Waals surface area (Å²) >= 11 is 9.79.